The molecule has 3 heteroatoms. The summed E-state index contributed by atoms with van der Waals surface area (Å²) >= 11 is 0. The van der Waals surface area contributed by atoms with E-state index in [1.54, 1.807) is 18.2 Å². The van der Waals surface area contributed by atoms with E-state index in [9.17, 15) is 9.18 Å². The molecular weight excluding hydrogens is 375 g/mol. The van der Waals surface area contributed by atoms with Crippen LogP contribution in [0.2, 0.25) is 0 Å². The Labute approximate surface area is 180 Å². The largest absolute Gasteiger partial charge is 0.465 e. The van der Waals surface area contributed by atoms with Crippen LogP contribution in [0.3, 0.4) is 0 Å². The van der Waals surface area contributed by atoms with Crippen molar-refractivity contribution < 1.29 is 13.9 Å². The minimum absolute atomic E-state index is 0.227. The van der Waals surface area contributed by atoms with Crippen LogP contribution < -0.4 is 0 Å². The van der Waals surface area contributed by atoms with Crippen LogP contribution in [-0.4, -0.2) is 13.1 Å². The molecule has 0 radical (unpaired) electrons. The van der Waals surface area contributed by atoms with Crippen LogP contribution in [-0.2, 0) is 4.74 Å². The normalized spacial score (nSPS) is 26.4. The van der Waals surface area contributed by atoms with Crippen molar-refractivity contribution >= 4 is 16.7 Å². The third-order valence-corrected chi connectivity index (χ3v) is 7.76. The molecule has 2 saturated carbocycles. The summed E-state index contributed by atoms with van der Waals surface area (Å²) in [5, 5.41) is 1.38. The number of carbonyl (C=O) groups excluding carboxylic acids is 1. The lowest BCUT2D eigenvalue weighted by Gasteiger charge is -2.42. The number of benzene rings is 2. The van der Waals surface area contributed by atoms with Gasteiger partial charge in [-0.05, 0) is 84.9 Å². The van der Waals surface area contributed by atoms with Crippen LogP contribution in [0.4, 0.5) is 4.39 Å². The molecule has 0 aliphatic heterocycles. The van der Waals surface area contributed by atoms with Gasteiger partial charge in [0.25, 0.3) is 0 Å². The molecule has 0 saturated heterocycles. The van der Waals surface area contributed by atoms with E-state index in [1.165, 1.54) is 71.3 Å². The van der Waals surface area contributed by atoms with E-state index in [0.29, 0.717) is 16.9 Å². The molecule has 4 atom stereocenters. The second kappa shape index (κ2) is 9.49. The summed E-state index contributed by atoms with van der Waals surface area (Å²) in [5.74, 6) is 2.44. The number of esters is 1. The van der Waals surface area contributed by atoms with E-state index in [2.05, 4.69) is 13.0 Å². The summed E-state index contributed by atoms with van der Waals surface area (Å²) in [6.45, 7) is 2.28. The van der Waals surface area contributed by atoms with Crippen molar-refractivity contribution in [2.24, 2.45) is 17.8 Å². The number of methoxy groups -OCH3 is 1. The van der Waals surface area contributed by atoms with Crippen molar-refractivity contribution in [2.75, 3.05) is 7.11 Å². The molecule has 4 rings (SSSR count). The second-order valence-electron chi connectivity index (χ2n) is 9.64. The molecule has 0 spiro atoms. The van der Waals surface area contributed by atoms with E-state index in [1.807, 2.05) is 6.07 Å². The molecule has 2 fully saturated rings. The van der Waals surface area contributed by atoms with Crippen LogP contribution in [0.15, 0.2) is 30.3 Å². The molecule has 0 amide bonds. The Hall–Kier alpha value is -1.90. The van der Waals surface area contributed by atoms with E-state index < -0.39 is 5.97 Å². The topological polar surface area (TPSA) is 26.3 Å². The lowest BCUT2D eigenvalue weighted by Crippen LogP contribution is -2.30. The molecule has 2 aromatic carbocycles. The van der Waals surface area contributed by atoms with Crippen molar-refractivity contribution in [1.82, 2.24) is 0 Å². The Bertz CT molecular complexity index is 890. The number of halogens is 1. The highest BCUT2D eigenvalue weighted by Gasteiger charge is 2.36. The molecule has 162 valence electrons. The maximum absolute atomic E-state index is 14.9. The summed E-state index contributed by atoms with van der Waals surface area (Å²) in [7, 11) is 1.35. The summed E-state index contributed by atoms with van der Waals surface area (Å²) in [6.07, 6.45) is 13.3. The maximum atomic E-state index is 14.9. The Balaban J connectivity index is 1.45. The fourth-order valence-corrected chi connectivity index (χ4v) is 6.05. The molecule has 0 aromatic heterocycles. The highest BCUT2D eigenvalue weighted by Crippen LogP contribution is 2.48. The van der Waals surface area contributed by atoms with Gasteiger partial charge in [0.1, 0.15) is 5.82 Å². The van der Waals surface area contributed by atoms with E-state index in [0.717, 1.165) is 28.7 Å². The minimum Gasteiger partial charge on any atom is -0.465 e. The van der Waals surface area contributed by atoms with Crippen molar-refractivity contribution in [2.45, 2.75) is 77.0 Å². The van der Waals surface area contributed by atoms with Gasteiger partial charge in [0.05, 0.1) is 12.7 Å². The van der Waals surface area contributed by atoms with Crippen molar-refractivity contribution in [3.05, 3.63) is 47.3 Å². The Morgan fingerprint density at radius 3 is 2.63 bits per heavy atom. The Kier molecular flexibility index (Phi) is 6.75. The zero-order valence-electron chi connectivity index (χ0n) is 18.5. The third kappa shape index (κ3) is 4.55. The fourth-order valence-electron chi connectivity index (χ4n) is 6.05. The summed E-state index contributed by atoms with van der Waals surface area (Å²) in [6, 6.07) is 9.04. The first-order valence-electron chi connectivity index (χ1n) is 11.9. The molecule has 2 unspecified atom stereocenters. The molecule has 0 bridgehead atoms. The standard InChI is InChI=1S/C27H35FO2/c1-3-4-5-6-18-7-8-20-14-21(10-9-19(20)13-18)24-15-22-11-12-23(27(29)30-2)16-25(22)26(28)17-24/h11-12,15-21H,3-10,13-14H2,1-2H3/t18?,19-,20+,21?/m0/s1. The first-order valence-corrected chi connectivity index (χ1v) is 11.9. The van der Waals surface area contributed by atoms with Gasteiger partial charge in [-0.25, -0.2) is 9.18 Å². The Morgan fingerprint density at radius 1 is 1.03 bits per heavy atom. The molecule has 2 aromatic rings. The highest BCUT2D eigenvalue weighted by atomic mass is 19.1. The molecule has 0 heterocycles. The zero-order valence-corrected chi connectivity index (χ0v) is 18.5. The molecule has 2 nitrogen and oxygen atoms in total. The van der Waals surface area contributed by atoms with Crippen molar-refractivity contribution in [3.8, 4) is 0 Å². The third-order valence-electron chi connectivity index (χ3n) is 7.76. The van der Waals surface area contributed by atoms with Crippen LogP contribution in [0.25, 0.3) is 10.8 Å². The van der Waals surface area contributed by atoms with Gasteiger partial charge in [-0.15, -0.1) is 0 Å². The van der Waals surface area contributed by atoms with E-state index >= 15 is 0 Å². The average molecular weight is 411 g/mol. The number of fused-ring (bicyclic) bond motifs is 2. The SMILES string of the molecule is CCCCCC1CC[C@@H]2CC(c3cc(F)c4cc(C(=O)OC)ccc4c3)CC[C@H]2C1. The molecule has 30 heavy (non-hydrogen) atoms. The quantitative estimate of drug-likeness (QED) is 0.361. The predicted octanol–water partition coefficient (Wildman–Crippen LogP) is 7.65. The molecule has 0 N–H and O–H groups in total. The summed E-state index contributed by atoms with van der Waals surface area (Å²) < 4.78 is 19.7. The number of unbranched alkanes of at least 4 members (excludes halogenated alkanes) is 2. The lowest BCUT2D eigenvalue weighted by molar-refractivity contribution is 0.0601. The van der Waals surface area contributed by atoms with Gasteiger partial charge in [-0.2, -0.15) is 0 Å². The lowest BCUT2D eigenvalue weighted by atomic mass is 9.63. The smallest absolute Gasteiger partial charge is 0.337 e. The van der Waals surface area contributed by atoms with E-state index in [4.69, 9.17) is 4.74 Å². The summed E-state index contributed by atoms with van der Waals surface area (Å²) in [5.41, 5.74) is 1.53. The predicted molar refractivity (Wildman–Crippen MR) is 120 cm³/mol. The van der Waals surface area contributed by atoms with Crippen LogP contribution >= 0.6 is 0 Å². The van der Waals surface area contributed by atoms with E-state index in [-0.39, 0.29) is 5.82 Å². The van der Waals surface area contributed by atoms with Gasteiger partial charge in [-0.1, -0.05) is 51.2 Å². The van der Waals surface area contributed by atoms with Gasteiger partial charge < -0.3 is 4.74 Å². The van der Waals surface area contributed by atoms with Gasteiger partial charge in [-0.3, -0.25) is 0 Å². The number of carbonyl (C=O) groups is 1. The second-order valence-corrected chi connectivity index (χ2v) is 9.64. The van der Waals surface area contributed by atoms with Gasteiger partial charge in [0.2, 0.25) is 0 Å². The van der Waals surface area contributed by atoms with Gasteiger partial charge >= 0.3 is 5.97 Å². The van der Waals surface area contributed by atoms with Crippen molar-refractivity contribution in [3.63, 3.8) is 0 Å². The van der Waals surface area contributed by atoms with Crippen molar-refractivity contribution in [1.29, 1.82) is 0 Å². The van der Waals surface area contributed by atoms with Crippen LogP contribution in [0.1, 0.15) is 93.0 Å². The highest BCUT2D eigenvalue weighted by molar-refractivity contribution is 5.95. The minimum atomic E-state index is -0.427. The Morgan fingerprint density at radius 2 is 1.83 bits per heavy atom. The molecule has 2 aliphatic carbocycles. The van der Waals surface area contributed by atoms with Gasteiger partial charge in [0, 0.05) is 5.39 Å². The zero-order chi connectivity index (χ0) is 21.1. The first kappa shape index (κ1) is 21.3. The maximum Gasteiger partial charge on any atom is 0.337 e. The van der Waals surface area contributed by atoms with Crippen LogP contribution in [0, 0.1) is 23.6 Å². The molecular formula is C27H35FO2. The monoisotopic (exact) mass is 410 g/mol. The number of hydrogen-bond donors (Lipinski definition) is 0. The fraction of sp³-hybridized carbons (Fsp3) is 0.593. The van der Waals surface area contributed by atoms with Gasteiger partial charge in [0.15, 0.2) is 0 Å². The number of rotatable bonds is 6. The number of hydrogen-bond acceptors (Lipinski definition) is 2. The molecule has 2 aliphatic rings. The summed E-state index contributed by atoms with van der Waals surface area (Å²) in [4.78, 5) is 11.8. The van der Waals surface area contributed by atoms with Crippen LogP contribution in [0.5, 0.6) is 0 Å². The average Bonchev–Trinajstić information content (AvgIpc) is 2.78. The first-order chi connectivity index (χ1) is 14.6. The number of ether oxygens (including phenoxy) is 1.